The quantitative estimate of drug-likeness (QED) is 0.805. The molecule has 0 fully saturated rings. The highest BCUT2D eigenvalue weighted by atomic mass is 19.1. The molecule has 0 aromatic heterocycles. The predicted molar refractivity (Wildman–Crippen MR) is 63.7 cm³/mol. The van der Waals surface area contributed by atoms with Crippen LogP contribution in [0.1, 0.15) is 25.8 Å². The van der Waals surface area contributed by atoms with Crippen LogP contribution in [0.3, 0.4) is 0 Å². The van der Waals surface area contributed by atoms with Gasteiger partial charge in [-0.1, -0.05) is 32.0 Å². The molecule has 16 heavy (non-hydrogen) atoms. The standard InChI is InChI=1S/C13H20FNO/c1-10(2)7-13(8-15,9-16)11-5-3-4-6-12(11)14/h3-6,10,16H,7-9,15H2,1-2H3. The molecular weight excluding hydrogens is 205 g/mol. The van der Waals surface area contributed by atoms with Gasteiger partial charge in [0.1, 0.15) is 5.82 Å². The second-order valence-corrected chi connectivity index (χ2v) is 4.72. The Labute approximate surface area is 96.3 Å². The molecular formula is C13H20FNO. The molecule has 3 heteroatoms. The van der Waals surface area contributed by atoms with Crippen molar-refractivity contribution in [2.45, 2.75) is 25.7 Å². The van der Waals surface area contributed by atoms with Crippen molar-refractivity contribution in [1.29, 1.82) is 0 Å². The smallest absolute Gasteiger partial charge is 0.127 e. The summed E-state index contributed by atoms with van der Waals surface area (Å²) in [4.78, 5) is 0. The van der Waals surface area contributed by atoms with E-state index in [0.29, 0.717) is 17.9 Å². The summed E-state index contributed by atoms with van der Waals surface area (Å²) in [5.41, 5.74) is 5.61. The largest absolute Gasteiger partial charge is 0.395 e. The van der Waals surface area contributed by atoms with Gasteiger partial charge in [0.05, 0.1) is 6.61 Å². The maximum atomic E-state index is 13.7. The Kier molecular flexibility index (Phi) is 4.44. The van der Waals surface area contributed by atoms with Gasteiger partial charge in [-0.2, -0.15) is 0 Å². The average molecular weight is 225 g/mol. The van der Waals surface area contributed by atoms with Gasteiger partial charge in [-0.3, -0.25) is 0 Å². The van der Waals surface area contributed by atoms with Gasteiger partial charge in [0.2, 0.25) is 0 Å². The summed E-state index contributed by atoms with van der Waals surface area (Å²) in [7, 11) is 0. The topological polar surface area (TPSA) is 46.2 Å². The van der Waals surface area contributed by atoms with Crippen LogP contribution in [0.5, 0.6) is 0 Å². The second kappa shape index (κ2) is 5.41. The van der Waals surface area contributed by atoms with Crippen LogP contribution in [0.4, 0.5) is 4.39 Å². The molecule has 0 aliphatic heterocycles. The number of halogens is 1. The summed E-state index contributed by atoms with van der Waals surface area (Å²) < 4.78 is 13.7. The van der Waals surface area contributed by atoms with E-state index in [4.69, 9.17) is 5.73 Å². The molecule has 0 spiro atoms. The van der Waals surface area contributed by atoms with Crippen molar-refractivity contribution >= 4 is 0 Å². The van der Waals surface area contributed by atoms with Crippen molar-refractivity contribution in [2.75, 3.05) is 13.2 Å². The van der Waals surface area contributed by atoms with Crippen molar-refractivity contribution in [1.82, 2.24) is 0 Å². The lowest BCUT2D eigenvalue weighted by atomic mass is 9.75. The van der Waals surface area contributed by atoms with Crippen LogP contribution in [-0.2, 0) is 5.41 Å². The SMILES string of the molecule is CC(C)CC(CN)(CO)c1ccccc1F. The van der Waals surface area contributed by atoms with E-state index in [9.17, 15) is 9.50 Å². The summed E-state index contributed by atoms with van der Waals surface area (Å²) in [5.74, 6) is 0.0676. The van der Waals surface area contributed by atoms with Crippen molar-refractivity contribution in [3.8, 4) is 0 Å². The predicted octanol–water partition coefficient (Wildman–Crippen LogP) is 2.06. The number of rotatable bonds is 5. The van der Waals surface area contributed by atoms with Gasteiger partial charge in [-0.05, 0) is 24.0 Å². The molecule has 0 bridgehead atoms. The van der Waals surface area contributed by atoms with E-state index in [1.165, 1.54) is 6.07 Å². The Hall–Kier alpha value is -0.930. The lowest BCUT2D eigenvalue weighted by molar-refractivity contribution is 0.171. The van der Waals surface area contributed by atoms with Crippen molar-refractivity contribution in [2.24, 2.45) is 11.7 Å². The molecule has 1 aromatic rings. The van der Waals surface area contributed by atoms with Crippen molar-refractivity contribution in [3.63, 3.8) is 0 Å². The number of hydrogen-bond acceptors (Lipinski definition) is 2. The third kappa shape index (κ3) is 2.60. The fraction of sp³-hybridized carbons (Fsp3) is 0.538. The first-order chi connectivity index (χ1) is 7.55. The van der Waals surface area contributed by atoms with Crippen LogP contribution < -0.4 is 5.73 Å². The zero-order valence-corrected chi connectivity index (χ0v) is 9.91. The Balaban J connectivity index is 3.15. The van der Waals surface area contributed by atoms with Crippen molar-refractivity contribution in [3.05, 3.63) is 35.6 Å². The van der Waals surface area contributed by atoms with Crippen LogP contribution in [0.2, 0.25) is 0 Å². The molecule has 1 unspecified atom stereocenters. The molecule has 3 N–H and O–H groups in total. The zero-order chi connectivity index (χ0) is 12.2. The molecule has 1 atom stereocenters. The van der Waals surface area contributed by atoms with Gasteiger partial charge in [-0.25, -0.2) is 4.39 Å². The fourth-order valence-electron chi connectivity index (χ4n) is 2.19. The molecule has 0 aliphatic rings. The lowest BCUT2D eigenvalue weighted by Gasteiger charge is -2.33. The minimum Gasteiger partial charge on any atom is -0.395 e. The maximum Gasteiger partial charge on any atom is 0.127 e. The number of hydrogen-bond donors (Lipinski definition) is 2. The van der Waals surface area contributed by atoms with Crippen LogP contribution in [0, 0.1) is 11.7 Å². The lowest BCUT2D eigenvalue weighted by Crippen LogP contribution is -2.40. The molecule has 0 radical (unpaired) electrons. The van der Waals surface area contributed by atoms with E-state index in [-0.39, 0.29) is 19.0 Å². The van der Waals surface area contributed by atoms with E-state index in [1.807, 2.05) is 13.8 Å². The van der Waals surface area contributed by atoms with Gasteiger partial charge in [0.15, 0.2) is 0 Å². The van der Waals surface area contributed by atoms with E-state index < -0.39 is 5.41 Å². The third-order valence-electron chi connectivity index (χ3n) is 2.94. The Morgan fingerprint density at radius 3 is 2.44 bits per heavy atom. The number of aliphatic hydroxyl groups excluding tert-OH is 1. The Bertz CT molecular complexity index is 334. The summed E-state index contributed by atoms with van der Waals surface area (Å²) in [6.07, 6.45) is 0.681. The molecule has 1 rings (SSSR count). The van der Waals surface area contributed by atoms with Crippen LogP contribution in [0.15, 0.2) is 24.3 Å². The summed E-state index contributed by atoms with van der Waals surface area (Å²) in [6.45, 7) is 4.22. The number of benzene rings is 1. The Morgan fingerprint density at radius 2 is 2.00 bits per heavy atom. The molecule has 1 aromatic carbocycles. The summed E-state index contributed by atoms with van der Waals surface area (Å²) >= 11 is 0. The summed E-state index contributed by atoms with van der Waals surface area (Å²) in [6, 6.07) is 6.54. The number of nitrogens with two attached hydrogens (primary N) is 1. The highest BCUT2D eigenvalue weighted by Gasteiger charge is 2.33. The monoisotopic (exact) mass is 225 g/mol. The van der Waals surface area contributed by atoms with E-state index in [0.717, 1.165) is 0 Å². The molecule has 0 aliphatic carbocycles. The normalized spacial score (nSPS) is 15.1. The second-order valence-electron chi connectivity index (χ2n) is 4.72. The van der Waals surface area contributed by atoms with Gasteiger partial charge in [0, 0.05) is 12.0 Å². The molecule has 0 saturated heterocycles. The maximum absolute atomic E-state index is 13.7. The first kappa shape index (κ1) is 13.1. The highest BCUT2D eigenvalue weighted by molar-refractivity contribution is 5.28. The molecule has 0 saturated carbocycles. The fourth-order valence-corrected chi connectivity index (χ4v) is 2.19. The molecule has 0 heterocycles. The van der Waals surface area contributed by atoms with Gasteiger partial charge >= 0.3 is 0 Å². The molecule has 90 valence electrons. The highest BCUT2D eigenvalue weighted by Crippen LogP contribution is 2.31. The number of aliphatic hydroxyl groups is 1. The van der Waals surface area contributed by atoms with Gasteiger partial charge in [-0.15, -0.1) is 0 Å². The third-order valence-corrected chi connectivity index (χ3v) is 2.94. The average Bonchev–Trinajstić information content (AvgIpc) is 2.26. The molecule has 0 amide bonds. The van der Waals surface area contributed by atoms with Crippen LogP contribution >= 0.6 is 0 Å². The first-order valence-electron chi connectivity index (χ1n) is 5.61. The zero-order valence-electron chi connectivity index (χ0n) is 9.91. The first-order valence-corrected chi connectivity index (χ1v) is 5.61. The summed E-state index contributed by atoms with van der Waals surface area (Å²) in [5, 5.41) is 9.56. The van der Waals surface area contributed by atoms with E-state index >= 15 is 0 Å². The molecule has 2 nitrogen and oxygen atoms in total. The van der Waals surface area contributed by atoms with E-state index in [2.05, 4.69) is 0 Å². The van der Waals surface area contributed by atoms with Crippen molar-refractivity contribution < 1.29 is 9.50 Å². The van der Waals surface area contributed by atoms with Gasteiger partial charge in [0.25, 0.3) is 0 Å². The Morgan fingerprint density at radius 1 is 1.38 bits per heavy atom. The van der Waals surface area contributed by atoms with Crippen LogP contribution in [0.25, 0.3) is 0 Å². The van der Waals surface area contributed by atoms with Crippen LogP contribution in [-0.4, -0.2) is 18.3 Å². The van der Waals surface area contributed by atoms with E-state index in [1.54, 1.807) is 18.2 Å². The minimum atomic E-state index is -0.653. The minimum absolute atomic E-state index is 0.122. The van der Waals surface area contributed by atoms with Gasteiger partial charge < -0.3 is 10.8 Å².